The second kappa shape index (κ2) is 8.50. The number of hydrogen-bond acceptors (Lipinski definition) is 4. The Morgan fingerprint density at radius 2 is 2.04 bits per heavy atom. The molecule has 0 aliphatic carbocycles. The summed E-state index contributed by atoms with van der Waals surface area (Å²) in [6.45, 7) is 5.31. The van der Waals surface area contributed by atoms with Gasteiger partial charge in [-0.3, -0.25) is 4.79 Å². The molecule has 1 atom stereocenters. The smallest absolute Gasteiger partial charge is 0.239 e. The molecule has 1 aliphatic rings. The van der Waals surface area contributed by atoms with Crippen molar-refractivity contribution in [1.82, 2.24) is 9.88 Å². The number of rotatable bonds is 5. The van der Waals surface area contributed by atoms with E-state index in [1.165, 1.54) is 5.56 Å². The van der Waals surface area contributed by atoms with E-state index in [-0.39, 0.29) is 18.3 Å². The molecule has 0 unspecified atom stereocenters. The van der Waals surface area contributed by atoms with Crippen LogP contribution in [0.1, 0.15) is 43.2 Å². The van der Waals surface area contributed by atoms with Gasteiger partial charge in [-0.25, -0.2) is 4.98 Å². The first-order valence-electron chi connectivity index (χ1n) is 8.58. The van der Waals surface area contributed by atoms with E-state index in [4.69, 9.17) is 10.2 Å². The van der Waals surface area contributed by atoms with E-state index in [0.717, 1.165) is 11.5 Å². The molecule has 5 nitrogen and oxygen atoms in total. The molecule has 136 valence electrons. The van der Waals surface area contributed by atoms with Crippen molar-refractivity contribution < 1.29 is 9.21 Å². The number of halogens is 1. The predicted molar refractivity (Wildman–Crippen MR) is 99.6 cm³/mol. The van der Waals surface area contributed by atoms with Crippen molar-refractivity contribution in [3.05, 3.63) is 53.2 Å². The zero-order valence-electron chi connectivity index (χ0n) is 14.8. The summed E-state index contributed by atoms with van der Waals surface area (Å²) in [7, 11) is 0. The molecule has 1 aromatic carbocycles. The summed E-state index contributed by atoms with van der Waals surface area (Å²) in [6.07, 6.45) is 2.09. The van der Waals surface area contributed by atoms with Crippen LogP contribution in [0.5, 0.6) is 0 Å². The van der Waals surface area contributed by atoms with Crippen molar-refractivity contribution >= 4 is 18.3 Å². The maximum Gasteiger partial charge on any atom is 0.239 e. The molecular formula is C19H26ClN3O2. The van der Waals surface area contributed by atoms with Crippen LogP contribution in [0.15, 0.2) is 34.7 Å². The molecule has 2 aromatic rings. The van der Waals surface area contributed by atoms with Crippen molar-refractivity contribution in [2.24, 2.45) is 11.7 Å². The van der Waals surface area contributed by atoms with E-state index >= 15 is 0 Å². The molecule has 2 N–H and O–H groups in total. The van der Waals surface area contributed by atoms with Gasteiger partial charge in [0, 0.05) is 19.4 Å². The number of nitrogens with two attached hydrogens (primary N) is 1. The first-order valence-corrected chi connectivity index (χ1v) is 8.58. The highest BCUT2D eigenvalue weighted by molar-refractivity contribution is 5.85. The molecule has 6 heteroatoms. The lowest BCUT2D eigenvalue weighted by Gasteiger charge is -2.28. The number of amides is 1. The Morgan fingerprint density at radius 3 is 2.72 bits per heavy atom. The Balaban J connectivity index is 0.00000225. The highest BCUT2D eigenvalue weighted by Gasteiger charge is 2.28. The Kier molecular flexibility index (Phi) is 6.62. The lowest BCUT2D eigenvalue weighted by Crippen LogP contribution is -2.46. The van der Waals surface area contributed by atoms with E-state index in [0.29, 0.717) is 44.2 Å². The minimum atomic E-state index is -0.428. The van der Waals surface area contributed by atoms with Crippen LogP contribution in [0.25, 0.3) is 0 Å². The van der Waals surface area contributed by atoms with E-state index < -0.39 is 6.04 Å². The van der Waals surface area contributed by atoms with Crippen LogP contribution in [0.2, 0.25) is 0 Å². The van der Waals surface area contributed by atoms with E-state index in [1.54, 1.807) is 0 Å². The summed E-state index contributed by atoms with van der Waals surface area (Å²) in [4.78, 5) is 18.9. The second-order valence-corrected chi connectivity index (χ2v) is 6.89. The van der Waals surface area contributed by atoms with Gasteiger partial charge in [-0.1, -0.05) is 44.2 Å². The van der Waals surface area contributed by atoms with Crippen LogP contribution in [0.3, 0.4) is 0 Å². The number of fused-ring (bicyclic) bond motifs is 1. The van der Waals surface area contributed by atoms with E-state index in [9.17, 15) is 4.79 Å². The molecule has 0 radical (unpaired) electrons. The normalized spacial score (nSPS) is 14.8. The van der Waals surface area contributed by atoms with Crippen molar-refractivity contribution in [2.75, 3.05) is 6.54 Å². The standard InChI is InChI=1S/C19H25N3O2.ClH/c1-13(2)10-15(20)19(23)22-9-8-17-16(12-22)21-18(24-17)11-14-6-4-3-5-7-14;/h3-7,13,15H,8-12,20H2,1-2H3;1H/t15-;/m0./s1. The van der Waals surface area contributed by atoms with Crippen molar-refractivity contribution in [3.63, 3.8) is 0 Å². The molecule has 1 aromatic heterocycles. The maximum absolute atomic E-state index is 12.5. The zero-order valence-corrected chi connectivity index (χ0v) is 15.6. The number of oxazole rings is 1. The highest BCUT2D eigenvalue weighted by Crippen LogP contribution is 2.22. The first-order chi connectivity index (χ1) is 11.5. The average Bonchev–Trinajstić information content (AvgIpc) is 2.95. The largest absolute Gasteiger partial charge is 0.445 e. The summed E-state index contributed by atoms with van der Waals surface area (Å²) in [6, 6.07) is 9.70. The molecule has 1 aliphatic heterocycles. The molecule has 0 fully saturated rings. The van der Waals surface area contributed by atoms with E-state index in [1.807, 2.05) is 23.1 Å². The monoisotopic (exact) mass is 363 g/mol. The third-order valence-electron chi connectivity index (χ3n) is 4.32. The summed E-state index contributed by atoms with van der Waals surface area (Å²) in [5.74, 6) is 2.05. The molecule has 0 bridgehead atoms. The van der Waals surface area contributed by atoms with Gasteiger partial charge in [-0.2, -0.15) is 0 Å². The molecular weight excluding hydrogens is 338 g/mol. The van der Waals surface area contributed by atoms with Gasteiger partial charge in [0.2, 0.25) is 5.91 Å². The van der Waals surface area contributed by atoms with Gasteiger partial charge in [0.05, 0.1) is 12.6 Å². The molecule has 1 amide bonds. The third-order valence-corrected chi connectivity index (χ3v) is 4.32. The lowest BCUT2D eigenvalue weighted by atomic mass is 10.0. The van der Waals surface area contributed by atoms with E-state index in [2.05, 4.69) is 31.0 Å². The number of carbonyl (C=O) groups is 1. The van der Waals surface area contributed by atoms with Gasteiger partial charge < -0.3 is 15.1 Å². The van der Waals surface area contributed by atoms with Crippen LogP contribution in [-0.4, -0.2) is 28.4 Å². The Bertz CT molecular complexity index is 700. The fraction of sp³-hybridized carbons (Fsp3) is 0.474. The van der Waals surface area contributed by atoms with Gasteiger partial charge in [0.25, 0.3) is 0 Å². The molecule has 25 heavy (non-hydrogen) atoms. The average molecular weight is 364 g/mol. The topological polar surface area (TPSA) is 72.4 Å². The Labute approximate surface area is 155 Å². The first kappa shape index (κ1) is 19.5. The second-order valence-electron chi connectivity index (χ2n) is 6.89. The third kappa shape index (κ3) is 4.83. The Morgan fingerprint density at radius 1 is 1.32 bits per heavy atom. The highest BCUT2D eigenvalue weighted by atomic mass is 35.5. The van der Waals surface area contributed by atoms with Gasteiger partial charge in [-0.15, -0.1) is 12.4 Å². The Hall–Kier alpha value is -1.85. The summed E-state index contributed by atoms with van der Waals surface area (Å²) in [5.41, 5.74) is 8.08. The van der Waals surface area contributed by atoms with Gasteiger partial charge in [-0.05, 0) is 17.9 Å². The van der Waals surface area contributed by atoms with Gasteiger partial charge in [0.15, 0.2) is 5.89 Å². The number of nitrogens with zero attached hydrogens (tertiary/aromatic N) is 2. The van der Waals surface area contributed by atoms with Gasteiger partial charge in [0.1, 0.15) is 11.5 Å². The van der Waals surface area contributed by atoms with Crippen LogP contribution in [-0.2, 0) is 24.2 Å². The number of benzene rings is 1. The predicted octanol–water partition coefficient (Wildman–Crippen LogP) is 2.95. The zero-order chi connectivity index (χ0) is 17.1. The molecule has 3 rings (SSSR count). The van der Waals surface area contributed by atoms with Crippen LogP contribution in [0, 0.1) is 5.92 Å². The molecule has 0 spiro atoms. The van der Waals surface area contributed by atoms with Gasteiger partial charge >= 0.3 is 0 Å². The van der Waals surface area contributed by atoms with Crippen molar-refractivity contribution in [3.8, 4) is 0 Å². The molecule has 0 saturated heterocycles. The van der Waals surface area contributed by atoms with Crippen LogP contribution < -0.4 is 5.73 Å². The SMILES string of the molecule is CC(C)C[C@H](N)C(=O)N1CCc2oc(Cc3ccccc3)nc2C1.Cl. The summed E-state index contributed by atoms with van der Waals surface area (Å²) >= 11 is 0. The van der Waals surface area contributed by atoms with Crippen LogP contribution in [0.4, 0.5) is 0 Å². The number of hydrogen-bond donors (Lipinski definition) is 1. The van der Waals surface area contributed by atoms with Crippen molar-refractivity contribution in [2.45, 2.75) is 45.7 Å². The fourth-order valence-electron chi connectivity index (χ4n) is 3.13. The summed E-state index contributed by atoms with van der Waals surface area (Å²) in [5, 5.41) is 0. The van der Waals surface area contributed by atoms with Crippen LogP contribution >= 0.6 is 12.4 Å². The quantitative estimate of drug-likeness (QED) is 0.886. The number of carbonyl (C=O) groups excluding carboxylic acids is 1. The lowest BCUT2D eigenvalue weighted by molar-refractivity contribution is -0.134. The number of aromatic nitrogens is 1. The van der Waals surface area contributed by atoms with Crippen molar-refractivity contribution in [1.29, 1.82) is 0 Å². The molecule has 2 heterocycles. The molecule has 0 saturated carbocycles. The fourth-order valence-corrected chi connectivity index (χ4v) is 3.13. The maximum atomic E-state index is 12.5. The summed E-state index contributed by atoms with van der Waals surface area (Å²) < 4.78 is 5.88. The minimum Gasteiger partial charge on any atom is -0.445 e. The minimum absolute atomic E-state index is 0.